The predicted octanol–water partition coefficient (Wildman–Crippen LogP) is 2.44. The zero-order valence-corrected chi connectivity index (χ0v) is 14.5. The van der Waals surface area contributed by atoms with Crippen molar-refractivity contribution in [2.75, 3.05) is 13.1 Å². The number of aromatic nitrogens is 1. The maximum absolute atomic E-state index is 12.5. The largest absolute Gasteiger partial charge is 0.337 e. The van der Waals surface area contributed by atoms with Gasteiger partial charge in [0.2, 0.25) is 0 Å². The second-order valence-corrected chi connectivity index (χ2v) is 8.82. The number of sulfone groups is 1. The second kappa shape index (κ2) is 6.36. The molecule has 0 N–H and O–H groups in total. The smallest absolute Gasteiger partial charge is 0.272 e. The first-order valence-electron chi connectivity index (χ1n) is 7.74. The van der Waals surface area contributed by atoms with E-state index in [1.165, 1.54) is 12.1 Å². The minimum Gasteiger partial charge on any atom is -0.337 e. The van der Waals surface area contributed by atoms with E-state index in [-0.39, 0.29) is 10.8 Å². The molecule has 0 aromatic carbocycles. The van der Waals surface area contributed by atoms with Crippen LogP contribution in [0.15, 0.2) is 17.0 Å². The number of carbonyl (C=O) groups is 1. The summed E-state index contributed by atoms with van der Waals surface area (Å²) in [6, 6.07) is 3.04. The molecule has 0 saturated carbocycles. The predicted molar refractivity (Wildman–Crippen MR) is 85.6 cm³/mol. The van der Waals surface area contributed by atoms with E-state index >= 15 is 0 Å². The highest BCUT2D eigenvalue weighted by Gasteiger charge is 2.25. The molecule has 0 radical (unpaired) electrons. The minimum absolute atomic E-state index is 0.108. The van der Waals surface area contributed by atoms with Crippen molar-refractivity contribution in [2.45, 2.75) is 50.7 Å². The molecule has 122 valence electrons. The van der Waals surface area contributed by atoms with Gasteiger partial charge in [0.05, 0.1) is 15.8 Å². The Balaban J connectivity index is 2.24. The van der Waals surface area contributed by atoms with Crippen LogP contribution in [0, 0.1) is 12.8 Å². The molecule has 1 aromatic rings. The van der Waals surface area contributed by atoms with Crippen LogP contribution in [0.2, 0.25) is 0 Å². The van der Waals surface area contributed by atoms with Gasteiger partial charge in [0.1, 0.15) is 5.69 Å². The number of rotatable bonds is 3. The fourth-order valence-corrected chi connectivity index (χ4v) is 3.82. The summed E-state index contributed by atoms with van der Waals surface area (Å²) in [6.07, 6.45) is 2.01. The van der Waals surface area contributed by atoms with Crippen LogP contribution < -0.4 is 0 Å². The monoisotopic (exact) mass is 324 g/mol. The molecule has 0 unspecified atom stereocenters. The van der Waals surface area contributed by atoms with Crippen molar-refractivity contribution in [2.24, 2.45) is 5.92 Å². The Kier molecular flexibility index (Phi) is 4.90. The fraction of sp³-hybridized carbons (Fsp3) is 0.625. The second-order valence-electron chi connectivity index (χ2n) is 6.35. The summed E-state index contributed by atoms with van der Waals surface area (Å²) in [4.78, 5) is 18.7. The number of carbonyl (C=O) groups excluding carboxylic acids is 1. The fourth-order valence-electron chi connectivity index (χ4n) is 2.60. The molecule has 1 fully saturated rings. The molecular formula is C16H24N2O3S. The summed E-state index contributed by atoms with van der Waals surface area (Å²) in [5.74, 6) is 0.542. The van der Waals surface area contributed by atoms with Crippen molar-refractivity contribution >= 4 is 15.7 Å². The first-order valence-corrected chi connectivity index (χ1v) is 9.29. The molecule has 2 rings (SSSR count). The van der Waals surface area contributed by atoms with Gasteiger partial charge >= 0.3 is 0 Å². The molecule has 1 aliphatic rings. The number of hydrogen-bond acceptors (Lipinski definition) is 4. The average molecular weight is 324 g/mol. The van der Waals surface area contributed by atoms with Crippen LogP contribution in [-0.2, 0) is 9.84 Å². The van der Waals surface area contributed by atoms with E-state index in [1.807, 2.05) is 0 Å². The Morgan fingerprint density at radius 3 is 2.36 bits per heavy atom. The molecule has 22 heavy (non-hydrogen) atoms. The molecule has 6 heteroatoms. The van der Waals surface area contributed by atoms with E-state index in [0.29, 0.717) is 17.3 Å². The summed E-state index contributed by atoms with van der Waals surface area (Å²) >= 11 is 0. The molecule has 1 amide bonds. The van der Waals surface area contributed by atoms with E-state index in [2.05, 4.69) is 11.9 Å². The number of amides is 1. The van der Waals surface area contributed by atoms with E-state index in [0.717, 1.165) is 25.9 Å². The van der Waals surface area contributed by atoms with Gasteiger partial charge in [-0.25, -0.2) is 13.4 Å². The first-order chi connectivity index (χ1) is 10.2. The van der Waals surface area contributed by atoms with Gasteiger partial charge < -0.3 is 4.90 Å². The molecule has 1 aliphatic heterocycles. The SMILES string of the molecule is Cc1nc(C(=O)N2CCC(C)CC2)ccc1S(=O)(=O)C(C)C. The molecule has 1 aromatic heterocycles. The minimum atomic E-state index is -3.37. The number of hydrogen-bond donors (Lipinski definition) is 0. The standard InChI is InChI=1S/C16H24N2O3S/c1-11(2)22(20,21)15-6-5-14(17-13(15)4)16(19)18-9-7-12(3)8-10-18/h5-6,11-12H,7-10H2,1-4H3. The van der Waals surface area contributed by atoms with E-state index in [1.54, 1.807) is 25.7 Å². The highest BCUT2D eigenvalue weighted by molar-refractivity contribution is 7.92. The van der Waals surface area contributed by atoms with Crippen LogP contribution in [0.3, 0.4) is 0 Å². The third-order valence-corrected chi connectivity index (χ3v) is 6.54. The van der Waals surface area contributed by atoms with Crippen molar-refractivity contribution < 1.29 is 13.2 Å². The Morgan fingerprint density at radius 1 is 1.27 bits per heavy atom. The zero-order valence-electron chi connectivity index (χ0n) is 13.7. The van der Waals surface area contributed by atoms with Crippen LogP contribution in [0.1, 0.15) is 49.8 Å². The van der Waals surface area contributed by atoms with Crippen LogP contribution >= 0.6 is 0 Å². The third-order valence-electron chi connectivity index (χ3n) is 4.25. The number of pyridine rings is 1. The Hall–Kier alpha value is -1.43. The van der Waals surface area contributed by atoms with Gasteiger partial charge in [0, 0.05) is 13.1 Å². The first kappa shape index (κ1) is 16.9. The van der Waals surface area contributed by atoms with Crippen LogP contribution in [0.4, 0.5) is 0 Å². The molecular weight excluding hydrogens is 300 g/mol. The highest BCUT2D eigenvalue weighted by atomic mass is 32.2. The van der Waals surface area contributed by atoms with Gasteiger partial charge in [-0.1, -0.05) is 6.92 Å². The summed E-state index contributed by atoms with van der Waals surface area (Å²) in [6.45, 7) is 8.60. The molecule has 0 spiro atoms. The normalized spacial score (nSPS) is 17.0. The van der Waals surface area contributed by atoms with Gasteiger partial charge in [-0.2, -0.15) is 0 Å². The Bertz CT molecular complexity index is 660. The molecule has 1 saturated heterocycles. The van der Waals surface area contributed by atoms with E-state index < -0.39 is 15.1 Å². The molecule has 0 atom stereocenters. The summed E-state index contributed by atoms with van der Waals surface area (Å²) in [7, 11) is -3.37. The highest BCUT2D eigenvalue weighted by Crippen LogP contribution is 2.21. The van der Waals surface area contributed by atoms with Crippen LogP contribution in [-0.4, -0.2) is 42.5 Å². The van der Waals surface area contributed by atoms with Crippen molar-refractivity contribution in [1.29, 1.82) is 0 Å². The van der Waals surface area contributed by atoms with Crippen molar-refractivity contribution in [1.82, 2.24) is 9.88 Å². The summed E-state index contributed by atoms with van der Waals surface area (Å²) < 4.78 is 24.5. The maximum atomic E-state index is 12.5. The van der Waals surface area contributed by atoms with Crippen LogP contribution in [0.25, 0.3) is 0 Å². The lowest BCUT2D eigenvalue weighted by Crippen LogP contribution is -2.38. The van der Waals surface area contributed by atoms with Gasteiger partial charge in [-0.15, -0.1) is 0 Å². The quantitative estimate of drug-likeness (QED) is 0.856. The summed E-state index contributed by atoms with van der Waals surface area (Å²) in [5, 5.41) is -0.502. The third kappa shape index (κ3) is 3.32. The van der Waals surface area contributed by atoms with Gasteiger partial charge in [0.25, 0.3) is 5.91 Å². The Morgan fingerprint density at radius 2 is 1.86 bits per heavy atom. The Labute approximate surface area is 132 Å². The summed E-state index contributed by atoms with van der Waals surface area (Å²) in [5.41, 5.74) is 0.722. The van der Waals surface area contributed by atoms with Gasteiger partial charge in [-0.3, -0.25) is 4.79 Å². The lowest BCUT2D eigenvalue weighted by atomic mass is 9.99. The maximum Gasteiger partial charge on any atom is 0.272 e. The number of piperidine rings is 1. The van der Waals surface area contributed by atoms with Gasteiger partial charge in [0.15, 0.2) is 9.84 Å². The molecule has 0 aliphatic carbocycles. The lowest BCUT2D eigenvalue weighted by molar-refractivity contribution is 0.0691. The van der Waals surface area contributed by atoms with E-state index in [9.17, 15) is 13.2 Å². The van der Waals surface area contributed by atoms with E-state index in [4.69, 9.17) is 0 Å². The average Bonchev–Trinajstić information content (AvgIpc) is 2.46. The molecule has 2 heterocycles. The van der Waals surface area contributed by atoms with Crippen molar-refractivity contribution in [3.05, 3.63) is 23.5 Å². The number of likely N-dealkylation sites (tertiary alicyclic amines) is 1. The number of nitrogens with zero attached hydrogens (tertiary/aromatic N) is 2. The van der Waals surface area contributed by atoms with Crippen molar-refractivity contribution in [3.8, 4) is 0 Å². The van der Waals surface area contributed by atoms with Crippen molar-refractivity contribution in [3.63, 3.8) is 0 Å². The van der Waals surface area contributed by atoms with Gasteiger partial charge in [-0.05, 0) is 51.7 Å². The molecule has 0 bridgehead atoms. The molecule has 5 nitrogen and oxygen atoms in total. The van der Waals surface area contributed by atoms with Crippen LogP contribution in [0.5, 0.6) is 0 Å². The topological polar surface area (TPSA) is 67.3 Å². The zero-order chi connectivity index (χ0) is 16.5. The lowest BCUT2D eigenvalue weighted by Gasteiger charge is -2.30. The number of aryl methyl sites for hydroxylation is 1.